The van der Waals surface area contributed by atoms with Crippen LogP contribution in [0.1, 0.15) is 15.2 Å². The highest BCUT2D eigenvalue weighted by Gasteiger charge is 2.17. The van der Waals surface area contributed by atoms with Crippen LogP contribution < -0.4 is 11.1 Å². The van der Waals surface area contributed by atoms with E-state index < -0.39 is 0 Å². The van der Waals surface area contributed by atoms with Gasteiger partial charge in [0.1, 0.15) is 4.88 Å². The Balaban J connectivity index is 1.88. The fraction of sp³-hybridized carbons (Fsp3) is 0.0714. The van der Waals surface area contributed by atoms with Gasteiger partial charge in [-0.15, -0.1) is 11.3 Å². The summed E-state index contributed by atoms with van der Waals surface area (Å²) >= 11 is 9.10. The summed E-state index contributed by atoms with van der Waals surface area (Å²) in [5, 5.41) is 8.20. The van der Waals surface area contributed by atoms with Crippen molar-refractivity contribution < 1.29 is 4.79 Å². The van der Waals surface area contributed by atoms with Gasteiger partial charge in [-0.1, -0.05) is 17.7 Å². The molecule has 6 heteroatoms. The maximum Gasteiger partial charge on any atom is 0.263 e. The number of hydrogen-bond donors (Lipinski definition) is 2. The van der Waals surface area contributed by atoms with E-state index in [4.69, 9.17) is 17.3 Å². The van der Waals surface area contributed by atoms with Crippen molar-refractivity contribution in [1.82, 2.24) is 5.32 Å². The summed E-state index contributed by atoms with van der Waals surface area (Å²) in [6.07, 6.45) is 0. The number of fused-ring (bicyclic) bond motifs is 1. The third-order valence-electron chi connectivity index (χ3n) is 2.94. The molecule has 3 aromatic rings. The first-order valence-electron chi connectivity index (χ1n) is 5.92. The second kappa shape index (κ2) is 5.44. The van der Waals surface area contributed by atoms with Crippen LogP contribution >= 0.6 is 34.3 Å². The molecule has 2 heterocycles. The fourth-order valence-electron chi connectivity index (χ4n) is 1.95. The van der Waals surface area contributed by atoms with E-state index in [1.165, 1.54) is 11.3 Å². The first kappa shape index (κ1) is 13.4. The molecule has 0 fully saturated rings. The van der Waals surface area contributed by atoms with E-state index in [1.54, 1.807) is 17.4 Å². The lowest BCUT2D eigenvalue weighted by Crippen LogP contribution is -2.22. The number of thiophene rings is 2. The van der Waals surface area contributed by atoms with E-state index in [1.807, 2.05) is 29.0 Å². The number of benzene rings is 1. The molecule has 3 N–H and O–H groups in total. The monoisotopic (exact) mass is 322 g/mol. The maximum absolute atomic E-state index is 12.2. The van der Waals surface area contributed by atoms with Gasteiger partial charge < -0.3 is 11.1 Å². The standard InChI is InChI=1S/C14H11ClN2OS2/c15-9-2-1-3-10-11(9)12(16)13(20-10)14(18)17-6-8-4-5-19-7-8/h1-5,7H,6,16H2,(H,17,18). The van der Waals surface area contributed by atoms with E-state index in [0.717, 1.165) is 15.6 Å². The highest BCUT2D eigenvalue weighted by atomic mass is 35.5. The quantitative estimate of drug-likeness (QED) is 0.761. The maximum atomic E-state index is 12.2. The van der Waals surface area contributed by atoms with Gasteiger partial charge in [0.25, 0.3) is 5.91 Å². The number of nitrogens with one attached hydrogen (secondary N) is 1. The largest absolute Gasteiger partial charge is 0.397 e. The van der Waals surface area contributed by atoms with Crippen molar-refractivity contribution in [2.24, 2.45) is 0 Å². The third-order valence-corrected chi connectivity index (χ3v) is 5.16. The van der Waals surface area contributed by atoms with Crippen LogP contribution in [0.3, 0.4) is 0 Å². The van der Waals surface area contributed by atoms with Crippen molar-refractivity contribution in [3.63, 3.8) is 0 Å². The van der Waals surface area contributed by atoms with Crippen LogP contribution in [0.5, 0.6) is 0 Å². The van der Waals surface area contributed by atoms with Gasteiger partial charge in [-0.3, -0.25) is 4.79 Å². The Labute approximate surface area is 129 Å². The number of amides is 1. The zero-order valence-electron chi connectivity index (χ0n) is 10.4. The topological polar surface area (TPSA) is 55.1 Å². The zero-order valence-corrected chi connectivity index (χ0v) is 12.7. The molecule has 0 saturated heterocycles. The van der Waals surface area contributed by atoms with E-state index >= 15 is 0 Å². The van der Waals surface area contributed by atoms with Crippen molar-refractivity contribution in [3.05, 3.63) is 50.5 Å². The summed E-state index contributed by atoms with van der Waals surface area (Å²) in [6, 6.07) is 7.53. The molecule has 0 saturated carbocycles. The SMILES string of the molecule is Nc1c(C(=O)NCc2ccsc2)sc2cccc(Cl)c12. The Morgan fingerprint density at radius 2 is 2.20 bits per heavy atom. The highest BCUT2D eigenvalue weighted by Crippen LogP contribution is 2.37. The number of rotatable bonds is 3. The lowest BCUT2D eigenvalue weighted by molar-refractivity contribution is 0.0956. The van der Waals surface area contributed by atoms with Crippen LogP contribution in [0.4, 0.5) is 5.69 Å². The van der Waals surface area contributed by atoms with Gasteiger partial charge in [-0.25, -0.2) is 0 Å². The minimum absolute atomic E-state index is 0.161. The predicted molar refractivity (Wildman–Crippen MR) is 86.7 cm³/mol. The highest BCUT2D eigenvalue weighted by molar-refractivity contribution is 7.21. The summed E-state index contributed by atoms with van der Waals surface area (Å²) in [6.45, 7) is 0.504. The molecular weight excluding hydrogens is 312 g/mol. The summed E-state index contributed by atoms with van der Waals surface area (Å²) in [7, 11) is 0. The normalized spacial score (nSPS) is 10.8. The van der Waals surface area contributed by atoms with Crippen LogP contribution in [0, 0.1) is 0 Å². The van der Waals surface area contributed by atoms with E-state index in [9.17, 15) is 4.79 Å². The smallest absolute Gasteiger partial charge is 0.263 e. The Morgan fingerprint density at radius 1 is 1.35 bits per heavy atom. The first-order valence-corrected chi connectivity index (χ1v) is 8.06. The lowest BCUT2D eigenvalue weighted by Gasteiger charge is -2.02. The molecule has 102 valence electrons. The number of nitrogens with two attached hydrogens (primary N) is 1. The third kappa shape index (κ3) is 2.40. The van der Waals surface area contributed by atoms with Crippen LogP contribution in [0.25, 0.3) is 10.1 Å². The van der Waals surface area contributed by atoms with Crippen LogP contribution in [-0.2, 0) is 6.54 Å². The van der Waals surface area contributed by atoms with Gasteiger partial charge in [-0.05, 0) is 34.5 Å². The van der Waals surface area contributed by atoms with Gasteiger partial charge in [0.2, 0.25) is 0 Å². The zero-order chi connectivity index (χ0) is 14.1. The average molecular weight is 323 g/mol. The second-order valence-electron chi connectivity index (χ2n) is 4.27. The molecule has 1 aromatic carbocycles. The second-order valence-corrected chi connectivity index (χ2v) is 6.51. The van der Waals surface area contributed by atoms with Gasteiger partial charge in [0.05, 0.1) is 10.7 Å². The summed E-state index contributed by atoms with van der Waals surface area (Å²) in [4.78, 5) is 12.7. The molecule has 0 bridgehead atoms. The molecule has 0 spiro atoms. The van der Waals surface area contributed by atoms with Crippen molar-refractivity contribution in [2.75, 3.05) is 5.73 Å². The number of hydrogen-bond acceptors (Lipinski definition) is 4. The molecular formula is C14H11ClN2OS2. The van der Waals surface area contributed by atoms with Crippen molar-refractivity contribution >= 4 is 56.0 Å². The minimum atomic E-state index is -0.161. The van der Waals surface area contributed by atoms with E-state index in [0.29, 0.717) is 22.1 Å². The number of halogens is 1. The lowest BCUT2D eigenvalue weighted by atomic mass is 10.2. The molecule has 0 radical (unpaired) electrons. The molecule has 0 aliphatic rings. The molecule has 0 aliphatic carbocycles. The Hall–Kier alpha value is -1.56. The Kier molecular flexibility index (Phi) is 3.65. The van der Waals surface area contributed by atoms with Gasteiger partial charge >= 0.3 is 0 Å². The molecule has 0 unspecified atom stereocenters. The molecule has 1 amide bonds. The van der Waals surface area contributed by atoms with Gasteiger partial charge in [-0.2, -0.15) is 11.3 Å². The number of anilines is 1. The Bertz CT molecular complexity index is 765. The molecule has 0 atom stereocenters. The molecule has 3 rings (SSSR count). The summed E-state index contributed by atoms with van der Waals surface area (Å²) in [5.41, 5.74) is 7.60. The van der Waals surface area contributed by atoms with Crippen LogP contribution in [0.2, 0.25) is 5.02 Å². The van der Waals surface area contributed by atoms with Crippen molar-refractivity contribution in [1.29, 1.82) is 0 Å². The molecule has 3 nitrogen and oxygen atoms in total. The molecule has 20 heavy (non-hydrogen) atoms. The summed E-state index contributed by atoms with van der Waals surface area (Å²) in [5.74, 6) is -0.161. The van der Waals surface area contributed by atoms with Crippen molar-refractivity contribution in [3.8, 4) is 0 Å². The number of carbonyl (C=O) groups excluding carboxylic acids is 1. The summed E-state index contributed by atoms with van der Waals surface area (Å²) < 4.78 is 0.927. The van der Waals surface area contributed by atoms with E-state index in [2.05, 4.69) is 5.32 Å². The van der Waals surface area contributed by atoms with Crippen LogP contribution in [0.15, 0.2) is 35.0 Å². The average Bonchev–Trinajstić information content (AvgIpc) is 3.05. The molecule has 0 aliphatic heterocycles. The first-order chi connectivity index (χ1) is 9.66. The number of nitrogen functional groups attached to an aromatic ring is 1. The molecule has 2 aromatic heterocycles. The number of carbonyl (C=O) groups is 1. The van der Waals surface area contributed by atoms with Crippen molar-refractivity contribution in [2.45, 2.75) is 6.54 Å². The predicted octanol–water partition coefficient (Wildman–Crippen LogP) is 4.13. The fourth-order valence-corrected chi connectivity index (χ4v) is 4.02. The Morgan fingerprint density at radius 3 is 2.90 bits per heavy atom. The van der Waals surface area contributed by atoms with Crippen LogP contribution in [-0.4, -0.2) is 5.91 Å². The van der Waals surface area contributed by atoms with E-state index in [-0.39, 0.29) is 5.91 Å². The van der Waals surface area contributed by atoms with Gasteiger partial charge in [0, 0.05) is 16.6 Å². The van der Waals surface area contributed by atoms with Gasteiger partial charge in [0.15, 0.2) is 0 Å². The minimum Gasteiger partial charge on any atom is -0.397 e.